The smallest absolute Gasteiger partial charge is 0.303 e. The lowest BCUT2D eigenvalue weighted by molar-refractivity contribution is -0.138. The predicted octanol–water partition coefficient (Wildman–Crippen LogP) is 1.97. The van der Waals surface area contributed by atoms with Gasteiger partial charge in [-0.2, -0.15) is 0 Å². The fourth-order valence-corrected chi connectivity index (χ4v) is 2.51. The van der Waals surface area contributed by atoms with Crippen molar-refractivity contribution in [2.45, 2.75) is 44.6 Å². The summed E-state index contributed by atoms with van der Waals surface area (Å²) in [7, 11) is 4.12. The number of carboxylic acid groups (broad SMARTS) is 1. The molecule has 2 atom stereocenters. The minimum absolute atomic E-state index is 0.336. The van der Waals surface area contributed by atoms with E-state index in [2.05, 4.69) is 19.0 Å². The van der Waals surface area contributed by atoms with E-state index in [0.717, 1.165) is 12.8 Å². The van der Waals surface area contributed by atoms with Crippen molar-refractivity contribution in [3.05, 3.63) is 0 Å². The highest BCUT2D eigenvalue weighted by molar-refractivity contribution is 5.67. The standard InChI is InChI=1S/C11H21NO2/c1-12(2)10-7-5-3-4-6-9(10)8-11(13)14/h9-10H,3-8H2,1-2H3,(H,13,14). The molecule has 1 rings (SSSR count). The minimum Gasteiger partial charge on any atom is -0.481 e. The average Bonchev–Trinajstić information content (AvgIpc) is 2.28. The molecule has 14 heavy (non-hydrogen) atoms. The first-order valence-corrected chi connectivity index (χ1v) is 5.49. The van der Waals surface area contributed by atoms with Crippen molar-refractivity contribution in [1.29, 1.82) is 0 Å². The molecule has 0 bridgehead atoms. The molecule has 3 nitrogen and oxygen atoms in total. The van der Waals surface area contributed by atoms with E-state index in [1.165, 1.54) is 19.3 Å². The molecule has 0 saturated heterocycles. The molecule has 0 aromatic heterocycles. The van der Waals surface area contributed by atoms with Gasteiger partial charge in [0.1, 0.15) is 0 Å². The van der Waals surface area contributed by atoms with Crippen LogP contribution in [0.2, 0.25) is 0 Å². The predicted molar refractivity (Wildman–Crippen MR) is 56.3 cm³/mol. The van der Waals surface area contributed by atoms with E-state index in [1.807, 2.05) is 0 Å². The zero-order valence-electron chi connectivity index (χ0n) is 9.20. The molecule has 1 aliphatic carbocycles. The van der Waals surface area contributed by atoms with E-state index >= 15 is 0 Å². The molecule has 0 aromatic carbocycles. The van der Waals surface area contributed by atoms with Crippen molar-refractivity contribution < 1.29 is 9.90 Å². The molecule has 0 heterocycles. The Morgan fingerprint density at radius 3 is 2.50 bits per heavy atom. The van der Waals surface area contributed by atoms with Gasteiger partial charge in [-0.25, -0.2) is 0 Å². The largest absolute Gasteiger partial charge is 0.481 e. The van der Waals surface area contributed by atoms with Crippen molar-refractivity contribution in [3.63, 3.8) is 0 Å². The van der Waals surface area contributed by atoms with Gasteiger partial charge in [0.15, 0.2) is 0 Å². The maximum absolute atomic E-state index is 10.7. The van der Waals surface area contributed by atoms with Gasteiger partial charge in [0.25, 0.3) is 0 Å². The third kappa shape index (κ3) is 3.29. The van der Waals surface area contributed by atoms with E-state index in [4.69, 9.17) is 5.11 Å². The molecule has 1 saturated carbocycles. The third-order valence-corrected chi connectivity index (χ3v) is 3.22. The molecule has 1 fully saturated rings. The summed E-state index contributed by atoms with van der Waals surface area (Å²) < 4.78 is 0. The van der Waals surface area contributed by atoms with Crippen molar-refractivity contribution in [2.75, 3.05) is 14.1 Å². The van der Waals surface area contributed by atoms with Crippen LogP contribution >= 0.6 is 0 Å². The summed E-state index contributed by atoms with van der Waals surface area (Å²) in [5.74, 6) is -0.297. The van der Waals surface area contributed by atoms with Gasteiger partial charge < -0.3 is 10.0 Å². The first kappa shape index (κ1) is 11.5. The summed E-state index contributed by atoms with van der Waals surface area (Å²) in [6, 6.07) is 0.466. The number of carboxylic acids is 1. The lowest BCUT2D eigenvalue weighted by atomic mass is 9.91. The van der Waals surface area contributed by atoms with E-state index in [0.29, 0.717) is 18.4 Å². The van der Waals surface area contributed by atoms with Crippen LogP contribution in [0.5, 0.6) is 0 Å². The number of carbonyl (C=O) groups is 1. The number of hydrogen-bond acceptors (Lipinski definition) is 2. The first-order chi connectivity index (χ1) is 6.61. The van der Waals surface area contributed by atoms with Crippen molar-refractivity contribution in [2.24, 2.45) is 5.92 Å². The lowest BCUT2D eigenvalue weighted by Crippen LogP contribution is -2.35. The van der Waals surface area contributed by atoms with E-state index < -0.39 is 5.97 Å². The second-order valence-electron chi connectivity index (χ2n) is 4.53. The summed E-state index contributed by atoms with van der Waals surface area (Å²) in [6.07, 6.45) is 6.28. The van der Waals surface area contributed by atoms with Crippen LogP contribution in [0.15, 0.2) is 0 Å². The van der Waals surface area contributed by atoms with Crippen LogP contribution in [-0.2, 0) is 4.79 Å². The molecule has 3 heteroatoms. The summed E-state index contributed by atoms with van der Waals surface area (Å²) in [4.78, 5) is 12.9. The highest BCUT2D eigenvalue weighted by Gasteiger charge is 2.26. The van der Waals surface area contributed by atoms with E-state index in [9.17, 15) is 4.79 Å². The maximum atomic E-state index is 10.7. The molecule has 0 radical (unpaired) electrons. The van der Waals surface area contributed by atoms with Crippen LogP contribution in [0, 0.1) is 5.92 Å². The number of hydrogen-bond donors (Lipinski definition) is 1. The molecule has 0 spiro atoms. The van der Waals surface area contributed by atoms with Crippen LogP contribution in [0.25, 0.3) is 0 Å². The second-order valence-corrected chi connectivity index (χ2v) is 4.53. The summed E-state index contributed by atoms with van der Waals surface area (Å²) in [6.45, 7) is 0. The van der Waals surface area contributed by atoms with Crippen LogP contribution in [0.1, 0.15) is 38.5 Å². The Balaban J connectivity index is 2.58. The van der Waals surface area contributed by atoms with E-state index in [-0.39, 0.29) is 0 Å². The molecule has 2 unspecified atom stereocenters. The van der Waals surface area contributed by atoms with Gasteiger partial charge >= 0.3 is 5.97 Å². The van der Waals surface area contributed by atoms with Gasteiger partial charge in [-0.05, 0) is 32.9 Å². The molecular weight excluding hydrogens is 178 g/mol. The van der Waals surface area contributed by atoms with Crippen molar-refractivity contribution >= 4 is 5.97 Å². The van der Waals surface area contributed by atoms with Crippen LogP contribution < -0.4 is 0 Å². The van der Waals surface area contributed by atoms with Crippen LogP contribution in [0.3, 0.4) is 0 Å². The van der Waals surface area contributed by atoms with E-state index in [1.54, 1.807) is 0 Å². The fraction of sp³-hybridized carbons (Fsp3) is 0.909. The Labute approximate surface area is 86.1 Å². The molecule has 0 aliphatic heterocycles. The van der Waals surface area contributed by atoms with Gasteiger partial charge in [0, 0.05) is 12.5 Å². The topological polar surface area (TPSA) is 40.5 Å². The Morgan fingerprint density at radius 1 is 1.29 bits per heavy atom. The Kier molecular flexibility index (Phi) is 4.39. The van der Waals surface area contributed by atoms with Crippen molar-refractivity contribution in [3.8, 4) is 0 Å². The van der Waals surface area contributed by atoms with Crippen LogP contribution in [0.4, 0.5) is 0 Å². The minimum atomic E-state index is -0.649. The summed E-state index contributed by atoms with van der Waals surface area (Å²) in [5.41, 5.74) is 0. The zero-order chi connectivity index (χ0) is 10.6. The van der Waals surface area contributed by atoms with Crippen LogP contribution in [-0.4, -0.2) is 36.1 Å². The highest BCUT2D eigenvalue weighted by atomic mass is 16.4. The lowest BCUT2D eigenvalue weighted by Gasteiger charge is -2.29. The molecule has 82 valence electrons. The number of aliphatic carboxylic acids is 1. The molecule has 0 amide bonds. The normalized spacial score (nSPS) is 28.8. The Hall–Kier alpha value is -0.570. The van der Waals surface area contributed by atoms with Gasteiger partial charge in [-0.3, -0.25) is 4.79 Å². The zero-order valence-corrected chi connectivity index (χ0v) is 9.20. The SMILES string of the molecule is CN(C)C1CCCCCC1CC(=O)O. The van der Waals surface area contributed by atoms with Gasteiger partial charge in [0.2, 0.25) is 0 Å². The molecule has 1 N–H and O–H groups in total. The van der Waals surface area contributed by atoms with Gasteiger partial charge in [0.05, 0.1) is 0 Å². The molecule has 0 aromatic rings. The quantitative estimate of drug-likeness (QED) is 0.706. The first-order valence-electron chi connectivity index (χ1n) is 5.49. The number of nitrogens with zero attached hydrogens (tertiary/aromatic N) is 1. The Bertz CT molecular complexity index is 192. The highest BCUT2D eigenvalue weighted by Crippen LogP contribution is 2.28. The molecular formula is C11H21NO2. The average molecular weight is 199 g/mol. The monoisotopic (exact) mass is 199 g/mol. The summed E-state index contributed by atoms with van der Waals surface area (Å²) in [5, 5.41) is 8.84. The summed E-state index contributed by atoms with van der Waals surface area (Å²) >= 11 is 0. The molecule has 1 aliphatic rings. The van der Waals surface area contributed by atoms with Crippen molar-refractivity contribution in [1.82, 2.24) is 4.90 Å². The third-order valence-electron chi connectivity index (χ3n) is 3.22. The van der Waals surface area contributed by atoms with Gasteiger partial charge in [-0.15, -0.1) is 0 Å². The Morgan fingerprint density at radius 2 is 1.93 bits per heavy atom. The number of rotatable bonds is 3. The fourth-order valence-electron chi connectivity index (χ4n) is 2.51. The van der Waals surface area contributed by atoms with Gasteiger partial charge in [-0.1, -0.05) is 19.3 Å². The second kappa shape index (κ2) is 5.35. The maximum Gasteiger partial charge on any atom is 0.303 e.